The van der Waals surface area contributed by atoms with Gasteiger partial charge in [0, 0.05) is 55.7 Å². The van der Waals surface area contributed by atoms with Crippen LogP contribution in [0.1, 0.15) is 0 Å². The normalized spacial score (nSPS) is 15.5. The number of fused-ring (bicyclic) bond motifs is 1. The van der Waals surface area contributed by atoms with E-state index >= 15 is 0 Å². The Labute approximate surface area is 176 Å². The number of hydrogen-bond acceptors (Lipinski definition) is 6. The summed E-state index contributed by atoms with van der Waals surface area (Å²) in [5.41, 5.74) is 0.746. The minimum atomic E-state index is -3.81. The Kier molecular flexibility index (Phi) is 5.31. The summed E-state index contributed by atoms with van der Waals surface area (Å²) in [6, 6.07) is 8.15. The molecule has 0 radical (unpaired) electrons. The average molecular weight is 451 g/mol. The van der Waals surface area contributed by atoms with Gasteiger partial charge in [-0.2, -0.15) is 4.31 Å². The van der Waals surface area contributed by atoms with Gasteiger partial charge in [-0.05, 0) is 30.3 Å². The Morgan fingerprint density at radius 3 is 2.47 bits per heavy atom. The largest absolute Gasteiger partial charge is 0.368 e. The molecule has 1 aliphatic heterocycles. The smallest absolute Gasteiger partial charge is 0.278 e. The molecular formula is C19H16ClFN4O4S. The van der Waals surface area contributed by atoms with Crippen LogP contribution in [0.3, 0.4) is 0 Å². The summed E-state index contributed by atoms with van der Waals surface area (Å²) in [7, 11) is -3.81. The summed E-state index contributed by atoms with van der Waals surface area (Å²) in [5, 5.41) is 12.2. The summed E-state index contributed by atoms with van der Waals surface area (Å²) in [4.78, 5) is 16.7. The molecule has 1 fully saturated rings. The van der Waals surface area contributed by atoms with Crippen molar-refractivity contribution < 1.29 is 17.7 Å². The second kappa shape index (κ2) is 7.78. The summed E-state index contributed by atoms with van der Waals surface area (Å²) in [6.07, 6.45) is 3.02. The number of rotatable bonds is 4. The van der Waals surface area contributed by atoms with Crippen LogP contribution in [-0.4, -0.2) is 48.8 Å². The molecule has 0 saturated carbocycles. The van der Waals surface area contributed by atoms with Gasteiger partial charge in [0.1, 0.15) is 5.82 Å². The van der Waals surface area contributed by atoms with Crippen molar-refractivity contribution in [3.8, 4) is 0 Å². The molecule has 1 aromatic heterocycles. The predicted octanol–water partition coefficient (Wildman–Crippen LogP) is 3.45. The molecule has 0 atom stereocenters. The zero-order valence-corrected chi connectivity index (χ0v) is 17.1. The lowest BCUT2D eigenvalue weighted by Gasteiger charge is -2.35. The van der Waals surface area contributed by atoms with E-state index in [1.807, 2.05) is 4.90 Å². The third-order valence-corrected chi connectivity index (χ3v) is 7.26. The fourth-order valence-electron chi connectivity index (χ4n) is 3.55. The van der Waals surface area contributed by atoms with Gasteiger partial charge in [-0.1, -0.05) is 11.6 Å². The van der Waals surface area contributed by atoms with Gasteiger partial charge in [-0.25, -0.2) is 12.8 Å². The highest BCUT2D eigenvalue weighted by atomic mass is 35.5. The van der Waals surface area contributed by atoms with Crippen LogP contribution >= 0.6 is 11.6 Å². The molecule has 8 nitrogen and oxygen atoms in total. The van der Waals surface area contributed by atoms with Crippen LogP contribution in [0.4, 0.5) is 15.8 Å². The van der Waals surface area contributed by atoms with Crippen molar-refractivity contribution in [3.63, 3.8) is 0 Å². The zero-order valence-electron chi connectivity index (χ0n) is 15.5. The summed E-state index contributed by atoms with van der Waals surface area (Å²) in [5.74, 6) is -0.681. The maximum absolute atomic E-state index is 13.4. The Morgan fingerprint density at radius 2 is 1.80 bits per heavy atom. The topological polar surface area (TPSA) is 96.6 Å². The average Bonchev–Trinajstić information content (AvgIpc) is 2.74. The van der Waals surface area contributed by atoms with Gasteiger partial charge in [0.2, 0.25) is 10.0 Å². The van der Waals surface area contributed by atoms with Crippen LogP contribution in [0.5, 0.6) is 0 Å². The molecule has 4 rings (SSSR count). The summed E-state index contributed by atoms with van der Waals surface area (Å²) < 4.78 is 40.4. The van der Waals surface area contributed by atoms with E-state index in [1.165, 1.54) is 22.6 Å². The van der Waals surface area contributed by atoms with Crippen molar-refractivity contribution in [2.24, 2.45) is 0 Å². The van der Waals surface area contributed by atoms with Gasteiger partial charge < -0.3 is 4.90 Å². The van der Waals surface area contributed by atoms with Crippen molar-refractivity contribution in [3.05, 3.63) is 69.7 Å². The molecule has 11 heteroatoms. The SMILES string of the molecule is O=[N+]([O-])c1ccc(N2CCN(S(=O)(=O)c3ccc(F)c(Cl)c3)CC2)c2ccncc12. The van der Waals surface area contributed by atoms with E-state index in [9.17, 15) is 22.9 Å². The number of nitro groups is 1. The molecule has 2 heterocycles. The second-order valence-electron chi connectivity index (χ2n) is 6.75. The van der Waals surface area contributed by atoms with Crippen LogP contribution in [-0.2, 0) is 10.0 Å². The highest BCUT2D eigenvalue weighted by Gasteiger charge is 2.30. The van der Waals surface area contributed by atoms with E-state index in [0.29, 0.717) is 23.9 Å². The Bertz CT molecular complexity index is 1250. The molecule has 3 aromatic rings. The minimum Gasteiger partial charge on any atom is -0.368 e. The highest BCUT2D eigenvalue weighted by molar-refractivity contribution is 7.89. The molecular weight excluding hydrogens is 435 g/mol. The number of aromatic nitrogens is 1. The molecule has 0 amide bonds. The molecule has 0 aliphatic carbocycles. The minimum absolute atomic E-state index is 0.0312. The maximum atomic E-state index is 13.4. The number of non-ortho nitro benzene ring substituents is 1. The van der Waals surface area contributed by atoms with Crippen molar-refractivity contribution in [2.75, 3.05) is 31.1 Å². The van der Waals surface area contributed by atoms with Gasteiger partial charge in [-0.15, -0.1) is 0 Å². The lowest BCUT2D eigenvalue weighted by molar-refractivity contribution is -0.383. The first-order chi connectivity index (χ1) is 14.3. The predicted molar refractivity (Wildman–Crippen MR) is 111 cm³/mol. The second-order valence-corrected chi connectivity index (χ2v) is 9.09. The third-order valence-electron chi connectivity index (χ3n) is 5.08. The number of nitro benzene ring substituents is 1. The molecule has 156 valence electrons. The maximum Gasteiger partial charge on any atom is 0.278 e. The van der Waals surface area contributed by atoms with Crippen LogP contribution in [0.15, 0.2) is 53.7 Å². The van der Waals surface area contributed by atoms with E-state index in [1.54, 1.807) is 18.3 Å². The Balaban J connectivity index is 1.59. The van der Waals surface area contributed by atoms with Gasteiger partial charge in [0.05, 0.1) is 20.2 Å². The van der Waals surface area contributed by atoms with Crippen LogP contribution in [0.25, 0.3) is 10.8 Å². The van der Waals surface area contributed by atoms with Gasteiger partial charge in [-0.3, -0.25) is 15.1 Å². The van der Waals surface area contributed by atoms with Crippen molar-refractivity contribution in [1.29, 1.82) is 0 Å². The molecule has 2 aromatic carbocycles. The Morgan fingerprint density at radius 1 is 1.07 bits per heavy atom. The lowest BCUT2D eigenvalue weighted by atomic mass is 10.1. The first kappa shape index (κ1) is 20.5. The third kappa shape index (κ3) is 3.57. The van der Waals surface area contributed by atoms with Crippen molar-refractivity contribution >= 4 is 43.8 Å². The van der Waals surface area contributed by atoms with Crippen molar-refractivity contribution in [2.45, 2.75) is 4.90 Å². The standard InChI is InChI=1S/C19H16ClFN4O4S/c20-16-11-13(1-2-17(16)21)30(28,29)24-9-7-23(8-10-24)18-3-4-19(25(26)27)15-12-22-6-5-14(15)18/h1-6,11-12H,7-10H2. The molecule has 0 unspecified atom stereocenters. The Hall–Kier alpha value is -2.82. The number of benzene rings is 2. The van der Waals surface area contributed by atoms with Crippen LogP contribution in [0.2, 0.25) is 5.02 Å². The number of anilines is 1. The first-order valence-electron chi connectivity index (χ1n) is 9.00. The number of piperazine rings is 1. The molecule has 0 N–H and O–H groups in total. The summed E-state index contributed by atoms with van der Waals surface area (Å²) >= 11 is 5.73. The number of sulfonamides is 1. The fraction of sp³-hybridized carbons (Fsp3) is 0.211. The number of halogens is 2. The van der Waals surface area contributed by atoms with E-state index in [-0.39, 0.29) is 28.7 Å². The molecule has 1 aliphatic rings. The van der Waals surface area contributed by atoms with Gasteiger partial charge >= 0.3 is 0 Å². The quantitative estimate of drug-likeness (QED) is 0.446. The van der Waals surface area contributed by atoms with E-state index in [4.69, 9.17) is 11.6 Å². The monoisotopic (exact) mass is 450 g/mol. The van der Waals surface area contributed by atoms with Crippen LogP contribution < -0.4 is 4.90 Å². The molecule has 0 bridgehead atoms. The number of hydrogen-bond donors (Lipinski definition) is 0. The van der Waals surface area contributed by atoms with Gasteiger partial charge in [0.25, 0.3) is 5.69 Å². The van der Waals surface area contributed by atoms with Crippen molar-refractivity contribution in [1.82, 2.24) is 9.29 Å². The summed E-state index contributed by atoms with van der Waals surface area (Å²) in [6.45, 7) is 1.20. The van der Waals surface area contributed by atoms with Gasteiger partial charge in [0.15, 0.2) is 0 Å². The lowest BCUT2D eigenvalue weighted by Crippen LogP contribution is -2.48. The number of nitrogens with zero attached hydrogens (tertiary/aromatic N) is 4. The van der Waals surface area contributed by atoms with E-state index in [0.717, 1.165) is 17.8 Å². The molecule has 0 spiro atoms. The fourth-order valence-corrected chi connectivity index (χ4v) is 5.24. The van der Waals surface area contributed by atoms with Crippen LogP contribution in [0, 0.1) is 15.9 Å². The van der Waals surface area contributed by atoms with E-state index in [2.05, 4.69) is 4.98 Å². The highest BCUT2D eigenvalue weighted by Crippen LogP contribution is 2.34. The molecule has 30 heavy (non-hydrogen) atoms. The molecule has 1 saturated heterocycles. The first-order valence-corrected chi connectivity index (χ1v) is 10.8. The van der Waals surface area contributed by atoms with E-state index < -0.39 is 20.8 Å². The zero-order chi connectivity index (χ0) is 21.5. The number of pyridine rings is 1.